The van der Waals surface area contributed by atoms with Gasteiger partial charge in [0.05, 0.1) is 0 Å². The van der Waals surface area contributed by atoms with Crippen molar-refractivity contribution in [2.45, 2.75) is 0 Å². The molecule has 0 atom stereocenters. The molecule has 0 amide bonds. The molecule has 0 aromatic heterocycles. The fraction of sp³-hybridized carbons (Fsp3) is 0. The first-order valence-corrected chi connectivity index (χ1v) is 8.18. The van der Waals surface area contributed by atoms with Crippen LogP contribution >= 0.6 is 8.60 Å². The number of benzene rings is 3. The zero-order chi connectivity index (χ0) is 15.0. The Morgan fingerprint density at radius 2 is 0.696 bits per heavy atom. The summed E-state index contributed by atoms with van der Waals surface area (Å²) in [4.78, 5) is 0. The minimum atomic E-state index is -2.00. The third-order valence-corrected chi connectivity index (χ3v) is 4.04. The minimum Gasteiger partial charge on any atom is -0.273 e. The number of hydrogen-bond acceptors (Lipinski definition) is 3. The van der Waals surface area contributed by atoms with Gasteiger partial charge in [-0.15, -0.1) is 0 Å². The Morgan fingerprint density at radius 1 is 0.435 bits per heavy atom. The molecule has 0 aliphatic rings. The Labute approximate surface area is 148 Å². The van der Waals surface area contributed by atoms with Gasteiger partial charge in [0.2, 0.25) is 0 Å². The summed E-state index contributed by atoms with van der Waals surface area (Å²) in [6.07, 6.45) is 0. The third kappa shape index (κ3) is 5.62. The molecule has 5 heteroatoms. The van der Waals surface area contributed by atoms with E-state index in [1.54, 1.807) is 0 Å². The van der Waals surface area contributed by atoms with Gasteiger partial charge in [-0.25, -0.2) is 0 Å². The second-order valence-electron chi connectivity index (χ2n) is 4.50. The first-order valence-electron chi connectivity index (χ1n) is 6.96. The zero-order valence-electron chi connectivity index (χ0n) is 11.9. The van der Waals surface area contributed by atoms with E-state index in [1.807, 2.05) is 91.0 Å². The summed E-state index contributed by atoms with van der Waals surface area (Å²) in [6.45, 7) is 0. The molecule has 0 unspecified atom stereocenters. The van der Waals surface area contributed by atoms with E-state index in [2.05, 4.69) is 0 Å². The monoisotopic (exact) mass is 389 g/mol. The molecular formula is C18H20GeO3P+. The predicted molar refractivity (Wildman–Crippen MR) is 101 cm³/mol. The average molecular weight is 388 g/mol. The van der Waals surface area contributed by atoms with Crippen molar-refractivity contribution >= 4 is 26.2 Å². The molecule has 0 heterocycles. The minimum absolute atomic E-state index is 0. The van der Waals surface area contributed by atoms with Crippen LogP contribution in [-0.2, 0) is 0 Å². The fourth-order valence-corrected chi connectivity index (χ4v) is 2.93. The molecule has 0 fully saturated rings. The van der Waals surface area contributed by atoms with E-state index in [0.717, 1.165) is 17.2 Å². The van der Waals surface area contributed by atoms with Crippen molar-refractivity contribution in [3.8, 4) is 17.2 Å². The van der Waals surface area contributed by atoms with Crippen LogP contribution in [0.1, 0.15) is 0 Å². The summed E-state index contributed by atoms with van der Waals surface area (Å²) in [5, 5.41) is 0. The molecule has 0 bridgehead atoms. The van der Waals surface area contributed by atoms with Crippen LogP contribution in [0, 0.1) is 0 Å². The van der Waals surface area contributed by atoms with Gasteiger partial charge in [0.1, 0.15) is 0 Å². The first-order chi connectivity index (χ1) is 10.9. The van der Waals surface area contributed by atoms with Crippen molar-refractivity contribution in [1.82, 2.24) is 0 Å². The van der Waals surface area contributed by atoms with E-state index in [-0.39, 0.29) is 17.6 Å². The van der Waals surface area contributed by atoms with Crippen molar-refractivity contribution < 1.29 is 13.6 Å². The van der Waals surface area contributed by atoms with Gasteiger partial charge in [0.25, 0.3) is 0 Å². The molecule has 3 aromatic carbocycles. The van der Waals surface area contributed by atoms with Crippen LogP contribution in [0.4, 0.5) is 0 Å². The molecule has 0 aliphatic carbocycles. The second-order valence-corrected chi connectivity index (χ2v) is 5.61. The van der Waals surface area contributed by atoms with Crippen LogP contribution < -0.4 is 13.6 Å². The van der Waals surface area contributed by atoms with E-state index in [9.17, 15) is 0 Å². The summed E-state index contributed by atoms with van der Waals surface area (Å²) in [7, 11) is -2.00. The van der Waals surface area contributed by atoms with Crippen LogP contribution in [0.15, 0.2) is 91.0 Å². The quantitative estimate of drug-likeness (QED) is 0.476. The largest absolute Gasteiger partial charge is 0.528 e. The standard InChI is InChI=1S/C18H16O3P.GeH4/c1-4-10-16(11-5-1)19-22(20-17-12-6-2-7-13-17)21-18-14-8-3-9-15-18;/h1-15,22H;1H4/q+1;. The topological polar surface area (TPSA) is 27.7 Å². The zero-order valence-corrected chi connectivity index (χ0v) is 12.9. The summed E-state index contributed by atoms with van der Waals surface area (Å²) >= 11 is 0. The third-order valence-electron chi connectivity index (χ3n) is 2.83. The molecule has 0 spiro atoms. The molecule has 0 aliphatic heterocycles. The van der Waals surface area contributed by atoms with Gasteiger partial charge in [0.15, 0.2) is 17.2 Å². The maximum Gasteiger partial charge on any atom is 0.528 e. The second kappa shape index (κ2) is 9.23. The Morgan fingerprint density at radius 3 is 0.957 bits per heavy atom. The van der Waals surface area contributed by atoms with Gasteiger partial charge in [0, 0.05) is 0 Å². The normalized spacial score (nSPS) is 9.78. The molecule has 3 nitrogen and oxygen atoms in total. The van der Waals surface area contributed by atoms with Crippen LogP contribution in [0.2, 0.25) is 0 Å². The Kier molecular flexibility index (Phi) is 6.98. The van der Waals surface area contributed by atoms with Gasteiger partial charge >= 0.3 is 26.2 Å². The summed E-state index contributed by atoms with van der Waals surface area (Å²) < 4.78 is 17.6. The summed E-state index contributed by atoms with van der Waals surface area (Å²) in [5.41, 5.74) is 0. The van der Waals surface area contributed by atoms with Crippen LogP contribution in [0.25, 0.3) is 0 Å². The maximum absolute atomic E-state index is 5.88. The Bertz CT molecular complexity index is 582. The molecule has 3 aromatic rings. The average Bonchev–Trinajstić information content (AvgIpc) is 2.57. The Hall–Kier alpha value is -1.97. The van der Waals surface area contributed by atoms with Crippen LogP contribution in [0.5, 0.6) is 17.2 Å². The molecule has 118 valence electrons. The summed E-state index contributed by atoms with van der Waals surface area (Å²) in [6, 6.07) is 28.6. The van der Waals surface area contributed by atoms with E-state index in [0.29, 0.717) is 0 Å². The van der Waals surface area contributed by atoms with Crippen molar-refractivity contribution in [1.29, 1.82) is 0 Å². The van der Waals surface area contributed by atoms with Crippen molar-refractivity contribution in [3.05, 3.63) is 91.0 Å². The van der Waals surface area contributed by atoms with E-state index >= 15 is 0 Å². The molecule has 0 saturated carbocycles. The molecule has 3 rings (SSSR count). The number of hydrogen-bond donors (Lipinski definition) is 0. The molecule has 0 saturated heterocycles. The van der Waals surface area contributed by atoms with Crippen molar-refractivity contribution in [3.63, 3.8) is 0 Å². The Balaban J connectivity index is 0.00000192. The van der Waals surface area contributed by atoms with Gasteiger partial charge in [-0.1, -0.05) is 54.6 Å². The van der Waals surface area contributed by atoms with E-state index in [1.165, 1.54) is 0 Å². The van der Waals surface area contributed by atoms with Gasteiger partial charge in [-0.2, -0.15) is 0 Å². The first kappa shape index (κ1) is 17.4. The molecule has 0 radical (unpaired) electrons. The predicted octanol–water partition coefficient (Wildman–Crippen LogP) is 3.73. The SMILES string of the molecule is [GeH4].c1ccc(O[PH+](Oc2ccccc2)Oc2ccccc2)cc1. The van der Waals surface area contributed by atoms with E-state index < -0.39 is 8.60 Å². The van der Waals surface area contributed by atoms with Crippen LogP contribution in [0.3, 0.4) is 0 Å². The van der Waals surface area contributed by atoms with Crippen LogP contribution in [-0.4, -0.2) is 17.6 Å². The van der Waals surface area contributed by atoms with Crippen molar-refractivity contribution in [2.75, 3.05) is 0 Å². The van der Waals surface area contributed by atoms with E-state index in [4.69, 9.17) is 13.6 Å². The van der Waals surface area contributed by atoms with Gasteiger partial charge < -0.3 is 0 Å². The smallest absolute Gasteiger partial charge is 0.273 e. The number of para-hydroxylation sites is 3. The molecule has 0 N–H and O–H groups in total. The summed E-state index contributed by atoms with van der Waals surface area (Å²) in [5.74, 6) is 2.18. The molecular weight excluding hydrogens is 368 g/mol. The van der Waals surface area contributed by atoms with Gasteiger partial charge in [-0.05, 0) is 36.4 Å². The fourth-order valence-electron chi connectivity index (χ4n) is 1.82. The van der Waals surface area contributed by atoms with Gasteiger partial charge in [-0.3, -0.25) is 13.6 Å². The number of rotatable bonds is 6. The maximum atomic E-state index is 5.88. The van der Waals surface area contributed by atoms with Crippen molar-refractivity contribution in [2.24, 2.45) is 0 Å². The molecule has 23 heavy (non-hydrogen) atoms.